The summed E-state index contributed by atoms with van der Waals surface area (Å²) in [7, 11) is 3.08. The van der Waals surface area contributed by atoms with Crippen LogP contribution in [0.1, 0.15) is 24.6 Å². The van der Waals surface area contributed by atoms with Gasteiger partial charge in [0, 0.05) is 17.8 Å². The molecule has 1 aromatic carbocycles. The number of hydrogen-bond donors (Lipinski definition) is 1. The molecule has 1 aliphatic carbocycles. The van der Waals surface area contributed by atoms with Crippen LogP contribution in [0.25, 0.3) is 0 Å². The topological polar surface area (TPSA) is 82.0 Å². The zero-order chi connectivity index (χ0) is 20.5. The molecule has 1 aromatic heterocycles. The van der Waals surface area contributed by atoms with Crippen LogP contribution in [0, 0.1) is 6.92 Å². The number of amides is 2. The zero-order valence-corrected chi connectivity index (χ0v) is 16.8. The Labute approximate surface area is 169 Å². The van der Waals surface area contributed by atoms with Crippen LogP contribution in [0.3, 0.4) is 0 Å². The Morgan fingerprint density at radius 2 is 1.90 bits per heavy atom. The van der Waals surface area contributed by atoms with Crippen LogP contribution in [0.2, 0.25) is 0 Å². The average molecular weight is 399 g/mol. The van der Waals surface area contributed by atoms with Gasteiger partial charge in [-0.3, -0.25) is 4.79 Å². The molecule has 154 valence electrons. The summed E-state index contributed by atoms with van der Waals surface area (Å²) in [6, 6.07) is 8.83. The van der Waals surface area contributed by atoms with Crippen LogP contribution in [0.15, 0.2) is 35.1 Å². The van der Waals surface area contributed by atoms with Gasteiger partial charge in [0.2, 0.25) is 0 Å². The number of anilines is 1. The fraction of sp³-hybridized carbons (Fsp3) is 0.429. The van der Waals surface area contributed by atoms with Crippen LogP contribution in [0.5, 0.6) is 17.2 Å². The molecule has 0 unspecified atom stereocenters. The molecular weight excluding hydrogens is 374 g/mol. The second-order valence-electron chi connectivity index (χ2n) is 7.39. The summed E-state index contributed by atoms with van der Waals surface area (Å²) in [5, 5.41) is 2.84. The van der Waals surface area contributed by atoms with Crippen molar-refractivity contribution in [2.45, 2.75) is 31.9 Å². The van der Waals surface area contributed by atoms with E-state index < -0.39 is 0 Å². The molecule has 4 rings (SSSR count). The summed E-state index contributed by atoms with van der Waals surface area (Å²) in [5.74, 6) is 1.58. The van der Waals surface area contributed by atoms with Crippen molar-refractivity contribution in [3.8, 4) is 17.2 Å². The third-order valence-electron chi connectivity index (χ3n) is 5.23. The van der Waals surface area contributed by atoms with E-state index in [1.807, 2.05) is 17.6 Å². The Kier molecular flexibility index (Phi) is 5.08. The fourth-order valence-electron chi connectivity index (χ4n) is 3.60. The molecule has 8 heteroatoms. The van der Waals surface area contributed by atoms with E-state index in [4.69, 9.17) is 14.2 Å². The highest BCUT2D eigenvalue weighted by Gasteiger charge is 2.33. The molecule has 2 amide bonds. The number of rotatable bonds is 6. The number of pyridine rings is 1. The summed E-state index contributed by atoms with van der Waals surface area (Å²) < 4.78 is 18.3. The maximum absolute atomic E-state index is 12.5. The van der Waals surface area contributed by atoms with Crippen LogP contribution in [-0.2, 0) is 0 Å². The summed E-state index contributed by atoms with van der Waals surface area (Å²) in [6.45, 7) is 2.82. The normalized spacial score (nSPS) is 16.2. The van der Waals surface area contributed by atoms with Gasteiger partial charge in [0.25, 0.3) is 5.56 Å². The van der Waals surface area contributed by atoms with E-state index in [0.29, 0.717) is 42.1 Å². The molecule has 1 aliphatic heterocycles. The van der Waals surface area contributed by atoms with Crippen molar-refractivity contribution < 1.29 is 19.0 Å². The number of benzene rings is 1. The van der Waals surface area contributed by atoms with Gasteiger partial charge in [0.05, 0.1) is 33.0 Å². The molecule has 8 nitrogen and oxygen atoms in total. The Hall–Kier alpha value is -3.16. The number of nitrogens with one attached hydrogen (secondary N) is 1. The summed E-state index contributed by atoms with van der Waals surface area (Å²) in [4.78, 5) is 26.5. The predicted molar refractivity (Wildman–Crippen MR) is 108 cm³/mol. The predicted octanol–water partition coefficient (Wildman–Crippen LogP) is 2.80. The van der Waals surface area contributed by atoms with Gasteiger partial charge in [0.15, 0.2) is 11.5 Å². The zero-order valence-electron chi connectivity index (χ0n) is 16.8. The Balaban J connectivity index is 1.35. The van der Waals surface area contributed by atoms with Gasteiger partial charge in [-0.05, 0) is 38.0 Å². The summed E-state index contributed by atoms with van der Waals surface area (Å²) >= 11 is 0. The van der Waals surface area contributed by atoms with Crippen molar-refractivity contribution in [2.24, 2.45) is 0 Å². The first-order chi connectivity index (χ1) is 14.0. The quantitative estimate of drug-likeness (QED) is 0.808. The highest BCUT2D eigenvalue weighted by atomic mass is 16.5. The highest BCUT2D eigenvalue weighted by molar-refractivity contribution is 5.92. The van der Waals surface area contributed by atoms with Crippen LogP contribution >= 0.6 is 0 Å². The van der Waals surface area contributed by atoms with Crippen molar-refractivity contribution in [1.82, 2.24) is 9.47 Å². The van der Waals surface area contributed by atoms with Crippen molar-refractivity contribution in [1.29, 1.82) is 0 Å². The second-order valence-corrected chi connectivity index (χ2v) is 7.39. The number of para-hydroxylation sites is 1. The van der Waals surface area contributed by atoms with Gasteiger partial charge in [-0.15, -0.1) is 0 Å². The van der Waals surface area contributed by atoms with Crippen molar-refractivity contribution >= 4 is 11.7 Å². The average Bonchev–Trinajstić information content (AvgIpc) is 3.48. The summed E-state index contributed by atoms with van der Waals surface area (Å²) in [5.41, 5.74) is 1.43. The number of urea groups is 1. The van der Waals surface area contributed by atoms with E-state index in [9.17, 15) is 9.59 Å². The van der Waals surface area contributed by atoms with E-state index in [-0.39, 0.29) is 17.7 Å². The molecular formula is C21H25N3O5. The maximum Gasteiger partial charge on any atom is 0.322 e. The van der Waals surface area contributed by atoms with Gasteiger partial charge in [-0.2, -0.15) is 0 Å². The molecule has 2 aromatic rings. The molecule has 29 heavy (non-hydrogen) atoms. The minimum absolute atomic E-state index is 0.0263. The lowest BCUT2D eigenvalue weighted by Crippen LogP contribution is -2.57. The van der Waals surface area contributed by atoms with Crippen molar-refractivity contribution in [3.05, 3.63) is 46.4 Å². The number of likely N-dealkylation sites (tertiary alicyclic amines) is 1. The largest absolute Gasteiger partial charge is 0.493 e. The number of ether oxygens (including phenoxy) is 3. The second kappa shape index (κ2) is 7.69. The summed E-state index contributed by atoms with van der Waals surface area (Å²) in [6.07, 6.45) is 1.99. The number of hydrogen-bond acceptors (Lipinski definition) is 5. The number of methoxy groups -OCH3 is 2. The first-order valence-corrected chi connectivity index (χ1v) is 9.67. The van der Waals surface area contributed by atoms with Gasteiger partial charge in [-0.1, -0.05) is 6.07 Å². The van der Waals surface area contributed by atoms with E-state index in [0.717, 1.165) is 18.5 Å². The maximum atomic E-state index is 12.5. The molecule has 1 saturated heterocycles. The van der Waals surface area contributed by atoms with Crippen LogP contribution < -0.4 is 25.1 Å². The van der Waals surface area contributed by atoms with E-state index in [2.05, 4.69) is 5.32 Å². The van der Waals surface area contributed by atoms with Gasteiger partial charge in [0.1, 0.15) is 11.9 Å². The van der Waals surface area contributed by atoms with E-state index >= 15 is 0 Å². The van der Waals surface area contributed by atoms with Crippen molar-refractivity contribution in [2.75, 3.05) is 32.6 Å². The van der Waals surface area contributed by atoms with Crippen LogP contribution in [-0.4, -0.2) is 48.9 Å². The van der Waals surface area contributed by atoms with Crippen LogP contribution in [0.4, 0.5) is 10.5 Å². The Morgan fingerprint density at radius 1 is 1.14 bits per heavy atom. The minimum atomic E-state index is -0.239. The first-order valence-electron chi connectivity index (χ1n) is 9.67. The first kappa shape index (κ1) is 19.2. The van der Waals surface area contributed by atoms with Crippen molar-refractivity contribution in [3.63, 3.8) is 0 Å². The lowest BCUT2D eigenvalue weighted by Gasteiger charge is -2.38. The van der Waals surface area contributed by atoms with Gasteiger partial charge >= 0.3 is 6.03 Å². The monoisotopic (exact) mass is 399 g/mol. The number of aryl methyl sites for hydroxylation is 1. The standard InChI is InChI=1S/C21H25N3O5/c1-13-9-15(10-19(25)24(13)14-7-8-14)29-16-11-23(12-16)21(26)22-17-5-4-6-18(27-2)20(17)28-3/h4-6,9-10,14,16H,7-8,11-12H2,1-3H3,(H,22,26). The molecule has 2 aliphatic rings. The number of aromatic nitrogens is 1. The molecule has 0 radical (unpaired) electrons. The van der Waals surface area contributed by atoms with Gasteiger partial charge < -0.3 is 29.0 Å². The molecule has 0 spiro atoms. The molecule has 2 fully saturated rings. The molecule has 2 heterocycles. The molecule has 1 N–H and O–H groups in total. The lowest BCUT2D eigenvalue weighted by atomic mass is 10.2. The number of nitrogens with zero attached hydrogens (tertiary/aromatic N) is 2. The Morgan fingerprint density at radius 3 is 2.52 bits per heavy atom. The number of carbonyl (C=O) groups excluding carboxylic acids is 1. The molecule has 0 atom stereocenters. The van der Waals surface area contributed by atoms with E-state index in [1.54, 1.807) is 30.2 Å². The third kappa shape index (κ3) is 3.87. The highest BCUT2D eigenvalue weighted by Crippen LogP contribution is 2.36. The number of carbonyl (C=O) groups is 1. The molecule has 1 saturated carbocycles. The smallest absolute Gasteiger partial charge is 0.322 e. The Bertz CT molecular complexity index is 977. The minimum Gasteiger partial charge on any atom is -0.493 e. The SMILES string of the molecule is COc1cccc(NC(=O)N2CC(Oc3cc(C)n(C4CC4)c(=O)c3)C2)c1OC. The van der Waals surface area contributed by atoms with Gasteiger partial charge in [-0.25, -0.2) is 4.79 Å². The third-order valence-corrected chi connectivity index (χ3v) is 5.23. The fourth-order valence-corrected chi connectivity index (χ4v) is 3.60. The van der Waals surface area contributed by atoms with E-state index in [1.165, 1.54) is 13.2 Å². The lowest BCUT2D eigenvalue weighted by molar-refractivity contribution is 0.0490. The molecule has 0 bridgehead atoms.